The third-order valence-electron chi connectivity index (χ3n) is 3.92. The second-order valence-electron chi connectivity index (χ2n) is 5.79. The highest BCUT2D eigenvalue weighted by Gasteiger charge is 2.21. The van der Waals surface area contributed by atoms with Crippen molar-refractivity contribution < 1.29 is 0 Å². The molecule has 0 amide bonds. The van der Waals surface area contributed by atoms with E-state index in [0.717, 1.165) is 60.3 Å². The predicted molar refractivity (Wildman–Crippen MR) is 91.3 cm³/mol. The average molecular weight is 317 g/mol. The average Bonchev–Trinajstić information content (AvgIpc) is 2.95. The fourth-order valence-corrected chi connectivity index (χ4v) is 2.88. The first-order chi connectivity index (χ1) is 10.7. The molecule has 2 heterocycles. The van der Waals surface area contributed by atoms with Crippen molar-refractivity contribution in [3.05, 3.63) is 41.0 Å². The van der Waals surface area contributed by atoms with E-state index in [9.17, 15) is 0 Å². The van der Waals surface area contributed by atoms with Gasteiger partial charge in [0, 0.05) is 41.5 Å². The second kappa shape index (κ2) is 6.63. The molecule has 0 bridgehead atoms. The van der Waals surface area contributed by atoms with E-state index < -0.39 is 0 Å². The second-order valence-corrected chi connectivity index (χ2v) is 6.23. The standard InChI is InChI=1S/C17H21ClN4/c1-2-3-15-10-16(22-9-8-14(19)11-22)21-17(20-15)12-4-6-13(18)7-5-12/h4-7,10,14H,2-3,8-9,11,19H2,1H3. The van der Waals surface area contributed by atoms with Crippen LogP contribution in [0, 0.1) is 0 Å². The molecule has 116 valence electrons. The summed E-state index contributed by atoms with van der Waals surface area (Å²) in [6.45, 7) is 3.99. The Hall–Kier alpha value is -1.65. The highest BCUT2D eigenvalue weighted by molar-refractivity contribution is 6.30. The molecule has 0 aliphatic carbocycles. The maximum absolute atomic E-state index is 6.03. The van der Waals surface area contributed by atoms with Crippen molar-refractivity contribution in [3.63, 3.8) is 0 Å². The van der Waals surface area contributed by atoms with Crippen molar-refractivity contribution in [2.75, 3.05) is 18.0 Å². The molecule has 1 aromatic carbocycles. The summed E-state index contributed by atoms with van der Waals surface area (Å²) in [7, 11) is 0. The van der Waals surface area contributed by atoms with Crippen molar-refractivity contribution in [1.82, 2.24) is 9.97 Å². The molecule has 0 saturated carbocycles. The van der Waals surface area contributed by atoms with Gasteiger partial charge in [-0.1, -0.05) is 24.9 Å². The van der Waals surface area contributed by atoms with E-state index in [0.29, 0.717) is 0 Å². The number of hydrogen-bond acceptors (Lipinski definition) is 4. The zero-order valence-corrected chi connectivity index (χ0v) is 13.6. The van der Waals surface area contributed by atoms with E-state index in [4.69, 9.17) is 27.3 Å². The van der Waals surface area contributed by atoms with Gasteiger partial charge in [-0.05, 0) is 37.1 Å². The molecule has 1 atom stereocenters. The van der Waals surface area contributed by atoms with Gasteiger partial charge in [0.05, 0.1) is 0 Å². The number of anilines is 1. The van der Waals surface area contributed by atoms with Gasteiger partial charge in [-0.2, -0.15) is 0 Å². The number of nitrogens with zero attached hydrogens (tertiary/aromatic N) is 3. The van der Waals surface area contributed by atoms with Gasteiger partial charge in [0.15, 0.2) is 5.82 Å². The van der Waals surface area contributed by atoms with Gasteiger partial charge in [0.1, 0.15) is 5.82 Å². The SMILES string of the molecule is CCCc1cc(N2CCC(N)C2)nc(-c2ccc(Cl)cc2)n1. The van der Waals surface area contributed by atoms with Crippen molar-refractivity contribution in [2.24, 2.45) is 5.73 Å². The Morgan fingerprint density at radius 1 is 1.27 bits per heavy atom. The summed E-state index contributed by atoms with van der Waals surface area (Å²) in [6, 6.07) is 10.0. The lowest BCUT2D eigenvalue weighted by Crippen LogP contribution is -2.27. The Morgan fingerprint density at radius 3 is 2.68 bits per heavy atom. The smallest absolute Gasteiger partial charge is 0.161 e. The summed E-state index contributed by atoms with van der Waals surface area (Å²) in [5.74, 6) is 1.74. The Labute approximate surface area is 136 Å². The monoisotopic (exact) mass is 316 g/mol. The summed E-state index contributed by atoms with van der Waals surface area (Å²) in [4.78, 5) is 11.7. The minimum Gasteiger partial charge on any atom is -0.355 e. The van der Waals surface area contributed by atoms with E-state index >= 15 is 0 Å². The Balaban J connectivity index is 1.98. The number of nitrogens with two attached hydrogens (primary N) is 1. The molecule has 0 radical (unpaired) electrons. The quantitative estimate of drug-likeness (QED) is 0.940. The molecule has 2 aromatic rings. The zero-order valence-electron chi connectivity index (χ0n) is 12.8. The van der Waals surface area contributed by atoms with Crippen LogP contribution in [0.15, 0.2) is 30.3 Å². The van der Waals surface area contributed by atoms with E-state index in [2.05, 4.69) is 17.9 Å². The molecule has 3 rings (SSSR count). The predicted octanol–water partition coefficient (Wildman–Crippen LogP) is 3.29. The van der Waals surface area contributed by atoms with Crippen LogP contribution in [-0.4, -0.2) is 29.1 Å². The van der Waals surface area contributed by atoms with Gasteiger partial charge in [0.2, 0.25) is 0 Å². The Kier molecular flexibility index (Phi) is 4.60. The molecule has 22 heavy (non-hydrogen) atoms. The first kappa shape index (κ1) is 15.3. The van der Waals surface area contributed by atoms with Crippen LogP contribution in [0.5, 0.6) is 0 Å². The molecule has 1 aromatic heterocycles. The molecule has 4 nitrogen and oxygen atoms in total. The van der Waals surface area contributed by atoms with Gasteiger partial charge in [0.25, 0.3) is 0 Å². The van der Waals surface area contributed by atoms with Crippen LogP contribution < -0.4 is 10.6 Å². The fourth-order valence-electron chi connectivity index (χ4n) is 2.75. The molecule has 0 spiro atoms. The van der Waals surface area contributed by atoms with Gasteiger partial charge in [-0.25, -0.2) is 9.97 Å². The van der Waals surface area contributed by atoms with Crippen molar-refractivity contribution in [2.45, 2.75) is 32.2 Å². The molecular weight excluding hydrogens is 296 g/mol. The molecule has 1 fully saturated rings. The number of benzene rings is 1. The summed E-state index contributed by atoms with van der Waals surface area (Å²) >= 11 is 5.97. The highest BCUT2D eigenvalue weighted by atomic mass is 35.5. The number of aromatic nitrogens is 2. The lowest BCUT2D eigenvalue weighted by molar-refractivity contribution is 0.751. The summed E-state index contributed by atoms with van der Waals surface area (Å²) in [5.41, 5.74) is 8.10. The van der Waals surface area contributed by atoms with E-state index in [1.807, 2.05) is 24.3 Å². The van der Waals surface area contributed by atoms with Gasteiger partial charge < -0.3 is 10.6 Å². The molecule has 1 saturated heterocycles. The fraction of sp³-hybridized carbons (Fsp3) is 0.412. The number of aryl methyl sites for hydroxylation is 1. The minimum atomic E-state index is 0.239. The normalized spacial score (nSPS) is 18.0. The van der Waals surface area contributed by atoms with Gasteiger partial charge in [-0.3, -0.25) is 0 Å². The molecule has 1 aliphatic rings. The number of rotatable bonds is 4. The summed E-state index contributed by atoms with van der Waals surface area (Å²) in [6.07, 6.45) is 3.04. The zero-order chi connectivity index (χ0) is 15.5. The van der Waals surface area contributed by atoms with E-state index in [-0.39, 0.29) is 6.04 Å². The third-order valence-corrected chi connectivity index (χ3v) is 4.17. The van der Waals surface area contributed by atoms with Crippen LogP contribution in [0.3, 0.4) is 0 Å². The first-order valence-electron chi connectivity index (χ1n) is 7.80. The molecule has 5 heteroatoms. The van der Waals surface area contributed by atoms with Crippen LogP contribution in [0.25, 0.3) is 11.4 Å². The first-order valence-corrected chi connectivity index (χ1v) is 8.18. The molecule has 2 N–H and O–H groups in total. The molecular formula is C17H21ClN4. The third kappa shape index (κ3) is 3.39. The van der Waals surface area contributed by atoms with Crippen molar-refractivity contribution in [1.29, 1.82) is 0 Å². The van der Waals surface area contributed by atoms with Crippen molar-refractivity contribution in [3.8, 4) is 11.4 Å². The highest BCUT2D eigenvalue weighted by Crippen LogP contribution is 2.24. The van der Waals surface area contributed by atoms with Crippen LogP contribution in [0.2, 0.25) is 5.02 Å². The summed E-state index contributed by atoms with van der Waals surface area (Å²) < 4.78 is 0. The lowest BCUT2D eigenvalue weighted by atomic mass is 10.2. The molecule has 1 aliphatic heterocycles. The van der Waals surface area contributed by atoms with Gasteiger partial charge in [-0.15, -0.1) is 0 Å². The van der Waals surface area contributed by atoms with E-state index in [1.54, 1.807) is 0 Å². The van der Waals surface area contributed by atoms with Crippen LogP contribution >= 0.6 is 11.6 Å². The Bertz CT molecular complexity index is 642. The van der Waals surface area contributed by atoms with Crippen LogP contribution in [0.1, 0.15) is 25.5 Å². The summed E-state index contributed by atoms with van der Waals surface area (Å²) in [5, 5.41) is 0.721. The van der Waals surface area contributed by atoms with E-state index in [1.165, 1.54) is 0 Å². The number of halogens is 1. The van der Waals surface area contributed by atoms with Crippen LogP contribution in [0.4, 0.5) is 5.82 Å². The lowest BCUT2D eigenvalue weighted by Gasteiger charge is -2.18. The maximum Gasteiger partial charge on any atom is 0.161 e. The topological polar surface area (TPSA) is 55.0 Å². The van der Waals surface area contributed by atoms with Crippen LogP contribution in [-0.2, 0) is 6.42 Å². The maximum atomic E-state index is 6.03. The molecule has 1 unspecified atom stereocenters. The van der Waals surface area contributed by atoms with Gasteiger partial charge >= 0.3 is 0 Å². The largest absolute Gasteiger partial charge is 0.355 e. The number of hydrogen-bond donors (Lipinski definition) is 1. The minimum absolute atomic E-state index is 0.239. The van der Waals surface area contributed by atoms with Crippen molar-refractivity contribution >= 4 is 17.4 Å². The Morgan fingerprint density at radius 2 is 2.05 bits per heavy atom.